The van der Waals surface area contributed by atoms with Crippen LogP contribution in [0, 0.1) is 6.07 Å². The van der Waals surface area contributed by atoms with E-state index in [9.17, 15) is 5.11 Å². The number of nitrogens with zero attached hydrogens (tertiary/aromatic N) is 3. The number of hydrogen-bond donors (Lipinski definition) is 1. The fraction of sp³-hybridized carbons (Fsp3) is 0.192. The second-order valence-corrected chi connectivity index (χ2v) is 17.2. The van der Waals surface area contributed by atoms with E-state index >= 15 is 0 Å². The van der Waals surface area contributed by atoms with E-state index < -0.39 is 0 Å². The first kappa shape index (κ1) is 38.3. The van der Waals surface area contributed by atoms with Gasteiger partial charge in [0.15, 0.2) is 0 Å². The summed E-state index contributed by atoms with van der Waals surface area (Å²) < 4.78 is 2.26. The summed E-state index contributed by atoms with van der Waals surface area (Å²) in [5, 5.41) is 12.6. The number of aromatic hydroxyl groups is 1. The zero-order chi connectivity index (χ0) is 39.0. The molecule has 1 aliphatic carbocycles. The Kier molecular flexibility index (Phi) is 9.49. The Hall–Kier alpha value is -5.57. The zero-order valence-electron chi connectivity index (χ0n) is 33.5. The van der Waals surface area contributed by atoms with Crippen LogP contribution in [-0.4, -0.2) is 19.6 Å². The topological polar surface area (TPSA) is 50.9 Å². The van der Waals surface area contributed by atoms with Crippen molar-refractivity contribution in [1.82, 2.24) is 14.5 Å². The van der Waals surface area contributed by atoms with Gasteiger partial charge in [0.25, 0.3) is 0 Å². The Morgan fingerprint density at radius 2 is 1.28 bits per heavy atom. The van der Waals surface area contributed by atoms with Crippen LogP contribution in [0.5, 0.6) is 5.75 Å². The molecule has 0 bridgehead atoms. The molecule has 9 rings (SSSR count). The number of pyridine rings is 1. The summed E-state index contributed by atoms with van der Waals surface area (Å²) in [4.78, 5) is 10.5. The zero-order valence-corrected chi connectivity index (χ0v) is 35.7. The fourth-order valence-corrected chi connectivity index (χ4v) is 8.53. The van der Waals surface area contributed by atoms with Crippen molar-refractivity contribution < 1.29 is 26.2 Å². The quantitative estimate of drug-likeness (QED) is 0.175. The van der Waals surface area contributed by atoms with Gasteiger partial charge in [0.05, 0.1) is 28.5 Å². The van der Waals surface area contributed by atoms with Crippen molar-refractivity contribution in [2.45, 2.75) is 64.7 Å². The number of hydrogen-bond acceptors (Lipinski definition) is 3. The Balaban J connectivity index is 0.00000455. The molecule has 6 aromatic carbocycles. The van der Waals surface area contributed by atoms with E-state index in [1.54, 1.807) is 6.07 Å². The summed E-state index contributed by atoms with van der Waals surface area (Å²) in [7, 11) is 0. The molecule has 0 radical (unpaired) electrons. The number of rotatable bonds is 5. The van der Waals surface area contributed by atoms with Gasteiger partial charge < -0.3 is 9.67 Å². The minimum Gasteiger partial charge on any atom is -0.515 e. The van der Waals surface area contributed by atoms with Gasteiger partial charge in [-0.3, -0.25) is 9.97 Å². The predicted octanol–water partition coefficient (Wildman–Crippen LogP) is 13.1. The van der Waals surface area contributed by atoms with Gasteiger partial charge >= 0.3 is 0 Å². The SMILES string of the molecule is CC(C)(C)c1cc(-c2cn(-c3c(-c4ccccc4)cccc3-c3ccccc3)c(-c3[c-]c4c(cc3)C(C)(C)C(C)(C)c3cccc(O)c3-4)n2)c2ncccc2c1.[Pt]. The van der Waals surface area contributed by atoms with Crippen molar-refractivity contribution in [3.05, 3.63) is 169 Å². The van der Waals surface area contributed by atoms with Crippen LogP contribution in [-0.2, 0) is 37.3 Å². The van der Waals surface area contributed by atoms with E-state index in [0.717, 1.165) is 83.7 Å². The van der Waals surface area contributed by atoms with Crippen molar-refractivity contribution in [2.24, 2.45) is 0 Å². The van der Waals surface area contributed by atoms with Crippen molar-refractivity contribution in [2.75, 3.05) is 0 Å². The van der Waals surface area contributed by atoms with Crippen LogP contribution in [0.25, 0.3) is 72.6 Å². The molecule has 0 atom stereocenters. The maximum absolute atomic E-state index is 11.5. The molecule has 4 nitrogen and oxygen atoms in total. The molecule has 0 saturated heterocycles. The van der Waals surface area contributed by atoms with Gasteiger partial charge in [0, 0.05) is 55.5 Å². The second kappa shape index (κ2) is 14.1. The fourth-order valence-electron chi connectivity index (χ4n) is 8.53. The summed E-state index contributed by atoms with van der Waals surface area (Å²) >= 11 is 0. The number of imidazole rings is 1. The minimum absolute atomic E-state index is 0. The van der Waals surface area contributed by atoms with Gasteiger partial charge in [-0.2, -0.15) is 0 Å². The third-order valence-electron chi connectivity index (χ3n) is 12.4. The first-order valence-electron chi connectivity index (χ1n) is 19.5. The van der Waals surface area contributed by atoms with Gasteiger partial charge in [-0.15, -0.1) is 29.3 Å². The average molecular weight is 924 g/mol. The van der Waals surface area contributed by atoms with Crippen molar-refractivity contribution >= 4 is 10.9 Å². The second-order valence-electron chi connectivity index (χ2n) is 17.2. The summed E-state index contributed by atoms with van der Waals surface area (Å²) in [6.07, 6.45) is 4.05. The molecule has 0 saturated carbocycles. The number of phenolic OH excluding ortho intramolecular Hbond substituents is 1. The van der Waals surface area contributed by atoms with Crippen molar-refractivity contribution in [3.8, 4) is 67.5 Å². The van der Waals surface area contributed by atoms with Crippen LogP contribution in [0.4, 0.5) is 0 Å². The van der Waals surface area contributed by atoms with Crippen molar-refractivity contribution in [1.29, 1.82) is 0 Å². The molecular formula is C52H46N3OPt-. The smallest absolute Gasteiger partial charge is 0.0904 e. The Labute approximate surface area is 350 Å². The van der Waals surface area contributed by atoms with Crippen LogP contribution in [0.3, 0.4) is 0 Å². The Bertz CT molecular complexity index is 2730. The molecular weight excluding hydrogens is 878 g/mol. The van der Waals surface area contributed by atoms with Crippen LogP contribution in [0.1, 0.15) is 65.2 Å². The number of benzene rings is 6. The first-order valence-corrected chi connectivity index (χ1v) is 19.5. The molecule has 0 amide bonds. The molecule has 57 heavy (non-hydrogen) atoms. The summed E-state index contributed by atoms with van der Waals surface area (Å²) in [5.41, 5.74) is 13.7. The summed E-state index contributed by atoms with van der Waals surface area (Å²) in [6, 6.07) is 50.6. The minimum atomic E-state index is -0.239. The number of aromatic nitrogens is 3. The van der Waals surface area contributed by atoms with E-state index in [4.69, 9.17) is 9.97 Å². The number of fused-ring (bicyclic) bond motifs is 4. The van der Waals surface area contributed by atoms with Crippen LogP contribution < -0.4 is 0 Å². The van der Waals surface area contributed by atoms with Gasteiger partial charge in [-0.25, -0.2) is 0 Å². The molecule has 2 aromatic heterocycles. The Morgan fingerprint density at radius 1 is 0.649 bits per heavy atom. The predicted molar refractivity (Wildman–Crippen MR) is 231 cm³/mol. The van der Waals surface area contributed by atoms with Crippen molar-refractivity contribution in [3.63, 3.8) is 0 Å². The van der Waals surface area contributed by atoms with E-state index in [-0.39, 0.29) is 43.1 Å². The Morgan fingerprint density at radius 3 is 1.93 bits per heavy atom. The first-order chi connectivity index (χ1) is 26.8. The molecule has 1 N–H and O–H groups in total. The normalized spacial score (nSPS) is 14.1. The standard InChI is InChI=1S/C52H46N3O.Pt/c1-50(2,3)37-29-35-21-16-28-53-47(35)41(31-37)44-32-55(48-38(33-17-10-8-11-18-33)22-14-23-39(48)34-19-12-9-13-20-34)49(54-44)36-26-27-42-40(30-36)46-43(24-15-25-45(46)56)52(6,7)51(42,4)5;/h8-29,31-32,56H,1-7H3;/q-1;. The molecule has 8 aromatic rings. The van der Waals surface area contributed by atoms with Gasteiger partial charge in [-0.05, 0) is 62.8 Å². The van der Waals surface area contributed by atoms with Crippen LogP contribution in [0.2, 0.25) is 0 Å². The molecule has 0 spiro atoms. The summed E-state index contributed by atoms with van der Waals surface area (Å²) in [6.45, 7) is 15.9. The monoisotopic (exact) mass is 923 g/mol. The molecule has 286 valence electrons. The van der Waals surface area contributed by atoms with Gasteiger partial charge in [-0.1, -0.05) is 157 Å². The largest absolute Gasteiger partial charge is 0.515 e. The van der Waals surface area contributed by atoms with Crippen LogP contribution >= 0.6 is 0 Å². The van der Waals surface area contributed by atoms with E-state index in [1.165, 1.54) is 5.56 Å². The third kappa shape index (κ3) is 6.26. The summed E-state index contributed by atoms with van der Waals surface area (Å²) in [5.74, 6) is 1.02. The van der Waals surface area contributed by atoms with E-state index in [1.807, 2.05) is 18.3 Å². The van der Waals surface area contributed by atoms with Gasteiger partial charge in [0.1, 0.15) is 0 Å². The van der Waals surface area contributed by atoms with Gasteiger partial charge in [0.2, 0.25) is 0 Å². The molecule has 1 aliphatic rings. The number of phenols is 1. The third-order valence-corrected chi connectivity index (χ3v) is 12.4. The molecule has 0 unspecified atom stereocenters. The van der Waals surface area contributed by atoms with Crippen LogP contribution in [0.15, 0.2) is 146 Å². The molecule has 0 fully saturated rings. The number of para-hydroxylation sites is 1. The maximum atomic E-state index is 11.5. The van der Waals surface area contributed by atoms with E-state index in [2.05, 4.69) is 181 Å². The van der Waals surface area contributed by atoms with E-state index in [0.29, 0.717) is 0 Å². The average Bonchev–Trinajstić information content (AvgIpc) is 3.64. The maximum Gasteiger partial charge on any atom is 0.0904 e. The molecule has 2 heterocycles. The molecule has 5 heteroatoms. The molecule has 0 aliphatic heterocycles.